The Morgan fingerprint density at radius 1 is 1.04 bits per heavy atom. The highest BCUT2D eigenvalue weighted by atomic mass is 32.2. The smallest absolute Gasteiger partial charge is 0.234 e. The lowest BCUT2D eigenvalue weighted by Crippen LogP contribution is -2.15. The van der Waals surface area contributed by atoms with E-state index in [1.807, 2.05) is 0 Å². The molecule has 0 aliphatic carbocycles. The average molecular weight is 389 g/mol. The van der Waals surface area contributed by atoms with Gasteiger partial charge in [-0.1, -0.05) is 23.9 Å². The van der Waals surface area contributed by atoms with Gasteiger partial charge in [0.15, 0.2) is 5.82 Å². The largest absolute Gasteiger partial charge is 0.323 e. The molecule has 1 N–H and O–H groups in total. The zero-order valence-corrected chi connectivity index (χ0v) is 15.0. The van der Waals surface area contributed by atoms with Crippen molar-refractivity contribution in [3.05, 3.63) is 71.7 Å². The van der Waals surface area contributed by atoms with Gasteiger partial charge in [-0.15, -0.1) is 0 Å². The van der Waals surface area contributed by atoms with Crippen LogP contribution < -0.4 is 5.32 Å². The maximum absolute atomic E-state index is 13.6. The second-order valence-electron chi connectivity index (χ2n) is 5.64. The van der Waals surface area contributed by atoms with Crippen LogP contribution in [0.1, 0.15) is 5.69 Å². The van der Waals surface area contributed by atoms with E-state index in [2.05, 4.69) is 15.3 Å². The average Bonchev–Trinajstić information content (AvgIpc) is 2.62. The van der Waals surface area contributed by atoms with Crippen LogP contribution in [-0.2, 0) is 4.79 Å². The third kappa shape index (κ3) is 5.07. The molecule has 0 saturated carbocycles. The van der Waals surface area contributed by atoms with Gasteiger partial charge < -0.3 is 5.32 Å². The summed E-state index contributed by atoms with van der Waals surface area (Å²) in [6, 6.07) is 10.5. The Morgan fingerprint density at radius 2 is 1.81 bits per heavy atom. The molecule has 4 nitrogen and oxygen atoms in total. The van der Waals surface area contributed by atoms with Crippen LogP contribution in [0.3, 0.4) is 0 Å². The molecule has 3 rings (SSSR count). The molecule has 1 heterocycles. The first-order valence-corrected chi connectivity index (χ1v) is 8.88. The molecule has 0 aliphatic rings. The molecule has 2 aromatic carbocycles. The Hall–Kier alpha value is -2.87. The second-order valence-corrected chi connectivity index (χ2v) is 6.64. The van der Waals surface area contributed by atoms with Gasteiger partial charge in [0, 0.05) is 17.3 Å². The van der Waals surface area contributed by atoms with Gasteiger partial charge in [0.05, 0.1) is 11.4 Å². The van der Waals surface area contributed by atoms with E-state index in [0.717, 1.165) is 23.9 Å². The number of nitrogens with zero attached hydrogens (tertiary/aromatic N) is 2. The predicted octanol–water partition coefficient (Wildman–Crippen LogP) is 4.60. The summed E-state index contributed by atoms with van der Waals surface area (Å²) in [6.07, 6.45) is 0. The van der Waals surface area contributed by atoms with Crippen molar-refractivity contribution in [2.75, 3.05) is 11.1 Å². The third-order valence-corrected chi connectivity index (χ3v) is 4.38. The molecule has 0 aliphatic heterocycles. The molecule has 0 fully saturated rings. The first-order chi connectivity index (χ1) is 12.9. The fourth-order valence-corrected chi connectivity index (χ4v) is 3.04. The number of hydrogen-bond acceptors (Lipinski definition) is 4. The van der Waals surface area contributed by atoms with Crippen molar-refractivity contribution in [3.63, 3.8) is 0 Å². The minimum Gasteiger partial charge on any atom is -0.323 e. The van der Waals surface area contributed by atoms with Gasteiger partial charge in [0.1, 0.15) is 22.5 Å². The Labute approximate surface area is 157 Å². The van der Waals surface area contributed by atoms with Crippen LogP contribution in [0.4, 0.5) is 18.9 Å². The van der Waals surface area contributed by atoms with Gasteiger partial charge in [-0.05, 0) is 37.3 Å². The first-order valence-electron chi connectivity index (χ1n) is 7.90. The van der Waals surface area contributed by atoms with Gasteiger partial charge in [-0.25, -0.2) is 23.1 Å². The fraction of sp³-hybridized carbons (Fsp3) is 0.105. The van der Waals surface area contributed by atoms with Crippen LogP contribution in [0.5, 0.6) is 0 Å². The monoisotopic (exact) mass is 389 g/mol. The number of anilines is 1. The van der Waals surface area contributed by atoms with Gasteiger partial charge in [0.2, 0.25) is 5.91 Å². The normalized spacial score (nSPS) is 10.7. The summed E-state index contributed by atoms with van der Waals surface area (Å²) in [5.41, 5.74) is 1.09. The van der Waals surface area contributed by atoms with Crippen molar-refractivity contribution in [2.45, 2.75) is 11.9 Å². The van der Waals surface area contributed by atoms with Crippen molar-refractivity contribution >= 4 is 23.4 Å². The number of aryl methyl sites for hydroxylation is 1. The van der Waals surface area contributed by atoms with Crippen molar-refractivity contribution in [2.24, 2.45) is 0 Å². The van der Waals surface area contributed by atoms with E-state index >= 15 is 0 Å². The maximum Gasteiger partial charge on any atom is 0.234 e. The zero-order chi connectivity index (χ0) is 19.4. The van der Waals surface area contributed by atoms with Crippen LogP contribution in [0.2, 0.25) is 0 Å². The Morgan fingerprint density at radius 3 is 2.56 bits per heavy atom. The molecule has 0 radical (unpaired) electrons. The third-order valence-electron chi connectivity index (χ3n) is 3.47. The summed E-state index contributed by atoms with van der Waals surface area (Å²) in [7, 11) is 0. The summed E-state index contributed by atoms with van der Waals surface area (Å²) < 4.78 is 39.9. The van der Waals surface area contributed by atoms with Crippen LogP contribution in [-0.4, -0.2) is 21.6 Å². The molecule has 1 aromatic heterocycles. The van der Waals surface area contributed by atoms with Crippen LogP contribution in [0, 0.1) is 24.4 Å². The lowest BCUT2D eigenvalue weighted by Gasteiger charge is -2.08. The Bertz CT molecular complexity index is 998. The molecule has 0 saturated heterocycles. The molecular formula is C19H14F3N3OS. The fourth-order valence-electron chi connectivity index (χ4n) is 2.29. The lowest BCUT2D eigenvalue weighted by atomic mass is 10.2. The van der Waals surface area contributed by atoms with E-state index in [9.17, 15) is 18.0 Å². The van der Waals surface area contributed by atoms with E-state index < -0.39 is 23.4 Å². The molecular weight excluding hydrogens is 375 g/mol. The first kappa shape index (κ1) is 18.9. The molecule has 1 amide bonds. The molecule has 3 aromatic rings. The van der Waals surface area contributed by atoms with Crippen molar-refractivity contribution in [1.82, 2.24) is 9.97 Å². The predicted molar refractivity (Wildman–Crippen MR) is 97.9 cm³/mol. The van der Waals surface area contributed by atoms with Gasteiger partial charge in [-0.3, -0.25) is 4.79 Å². The number of carbonyl (C=O) groups excluding carboxylic acids is 1. The highest BCUT2D eigenvalue weighted by Gasteiger charge is 2.11. The minimum atomic E-state index is -0.848. The standard InChI is InChI=1S/C19H14F3N3OS/c1-11-7-18(25-19(23-11)12-3-2-4-13(20)8-12)27-10-17(26)24-16-6-5-14(21)9-15(16)22/h2-9H,10H2,1H3,(H,24,26). The number of hydrogen-bond donors (Lipinski definition) is 1. The lowest BCUT2D eigenvalue weighted by molar-refractivity contribution is -0.113. The van der Waals surface area contributed by atoms with Gasteiger partial charge in [0.25, 0.3) is 0 Å². The summed E-state index contributed by atoms with van der Waals surface area (Å²) >= 11 is 1.13. The van der Waals surface area contributed by atoms with Crippen LogP contribution >= 0.6 is 11.8 Å². The molecule has 27 heavy (non-hydrogen) atoms. The Balaban J connectivity index is 1.69. The SMILES string of the molecule is Cc1cc(SCC(=O)Nc2ccc(F)cc2F)nc(-c2cccc(F)c2)n1. The number of thioether (sulfide) groups is 1. The molecule has 138 valence electrons. The topological polar surface area (TPSA) is 54.9 Å². The summed E-state index contributed by atoms with van der Waals surface area (Å²) in [6.45, 7) is 1.77. The summed E-state index contributed by atoms with van der Waals surface area (Å²) in [5, 5.41) is 2.91. The number of rotatable bonds is 5. The molecule has 0 bridgehead atoms. The molecule has 8 heteroatoms. The number of halogens is 3. The van der Waals surface area contributed by atoms with Crippen LogP contribution in [0.25, 0.3) is 11.4 Å². The molecule has 0 unspecified atom stereocenters. The minimum absolute atomic E-state index is 0.0319. The van der Waals surface area contributed by atoms with E-state index in [1.54, 1.807) is 25.1 Å². The number of amides is 1. The molecule has 0 spiro atoms. The number of benzene rings is 2. The second kappa shape index (κ2) is 8.22. The van der Waals surface area contributed by atoms with E-state index in [4.69, 9.17) is 0 Å². The number of carbonyl (C=O) groups is 1. The quantitative estimate of drug-likeness (QED) is 0.512. The summed E-state index contributed by atoms with van der Waals surface area (Å²) in [4.78, 5) is 20.6. The van der Waals surface area contributed by atoms with E-state index in [-0.39, 0.29) is 11.4 Å². The number of nitrogens with one attached hydrogen (secondary N) is 1. The van der Waals surface area contributed by atoms with E-state index in [1.165, 1.54) is 12.1 Å². The van der Waals surface area contributed by atoms with Crippen molar-refractivity contribution in [1.29, 1.82) is 0 Å². The highest BCUT2D eigenvalue weighted by molar-refractivity contribution is 7.99. The van der Waals surface area contributed by atoms with Crippen molar-refractivity contribution < 1.29 is 18.0 Å². The number of aromatic nitrogens is 2. The van der Waals surface area contributed by atoms with Gasteiger partial charge in [-0.2, -0.15) is 0 Å². The van der Waals surface area contributed by atoms with Crippen LogP contribution in [0.15, 0.2) is 53.6 Å². The summed E-state index contributed by atoms with van der Waals surface area (Å²) in [5.74, 6) is -2.11. The maximum atomic E-state index is 13.6. The van der Waals surface area contributed by atoms with E-state index in [0.29, 0.717) is 28.2 Å². The molecule has 0 atom stereocenters. The highest BCUT2D eigenvalue weighted by Crippen LogP contribution is 2.23. The Kier molecular flexibility index (Phi) is 5.75. The van der Waals surface area contributed by atoms with Crippen molar-refractivity contribution in [3.8, 4) is 11.4 Å². The van der Waals surface area contributed by atoms with Gasteiger partial charge >= 0.3 is 0 Å². The zero-order valence-electron chi connectivity index (χ0n) is 14.2.